The third kappa shape index (κ3) is 2.88. The van der Waals surface area contributed by atoms with Gasteiger partial charge in [0.05, 0.1) is 6.26 Å². The van der Waals surface area contributed by atoms with Crippen LogP contribution < -0.4 is 5.32 Å². The van der Waals surface area contributed by atoms with Gasteiger partial charge >= 0.3 is 0 Å². The van der Waals surface area contributed by atoms with E-state index in [2.05, 4.69) is 10.5 Å². The number of carbonyl (C=O) groups excluding carboxylic acids is 1. The van der Waals surface area contributed by atoms with Crippen molar-refractivity contribution in [3.05, 3.63) is 42.3 Å². The van der Waals surface area contributed by atoms with Crippen molar-refractivity contribution in [2.75, 3.05) is 6.54 Å². The van der Waals surface area contributed by atoms with Crippen LogP contribution in [0.15, 0.2) is 45.6 Å². The van der Waals surface area contributed by atoms with Gasteiger partial charge in [-0.25, -0.2) is 0 Å². The lowest BCUT2D eigenvalue weighted by Gasteiger charge is -1.98. The summed E-state index contributed by atoms with van der Waals surface area (Å²) in [6, 6.07) is 5.05. The van der Waals surface area contributed by atoms with Crippen LogP contribution in [0.4, 0.5) is 0 Å². The molecule has 0 aliphatic carbocycles. The molecular weight excluding hydrogens is 232 g/mol. The van der Waals surface area contributed by atoms with E-state index >= 15 is 0 Å². The van der Waals surface area contributed by atoms with Gasteiger partial charge in [0.25, 0.3) is 5.91 Å². The van der Waals surface area contributed by atoms with Crippen LogP contribution in [0.25, 0.3) is 11.5 Å². The number of furan rings is 1. The molecule has 2 aromatic heterocycles. The first kappa shape index (κ1) is 12.2. The highest BCUT2D eigenvalue weighted by molar-refractivity contribution is 5.92. The molecule has 2 aromatic rings. The van der Waals surface area contributed by atoms with Gasteiger partial charge in [0.1, 0.15) is 0 Å². The second-order valence-corrected chi connectivity index (χ2v) is 3.67. The monoisotopic (exact) mass is 246 g/mol. The fourth-order valence-corrected chi connectivity index (χ4v) is 1.44. The van der Waals surface area contributed by atoms with Gasteiger partial charge < -0.3 is 14.3 Å². The first-order valence-corrected chi connectivity index (χ1v) is 5.71. The van der Waals surface area contributed by atoms with E-state index < -0.39 is 0 Å². The zero-order valence-electron chi connectivity index (χ0n) is 10.1. The number of hydrogen-bond donors (Lipinski definition) is 1. The number of carbonyl (C=O) groups is 1. The number of hydrogen-bond acceptors (Lipinski definition) is 4. The molecule has 0 bridgehead atoms. The maximum absolute atomic E-state index is 11.7. The van der Waals surface area contributed by atoms with Gasteiger partial charge in [-0.05, 0) is 25.5 Å². The Morgan fingerprint density at radius 2 is 2.39 bits per heavy atom. The summed E-state index contributed by atoms with van der Waals surface area (Å²) in [5, 5.41) is 6.46. The maximum Gasteiger partial charge on any atom is 0.273 e. The first-order chi connectivity index (χ1) is 8.81. The summed E-state index contributed by atoms with van der Waals surface area (Å²) < 4.78 is 10.2. The fraction of sp³-hybridized carbons (Fsp3) is 0.231. The molecule has 0 saturated carbocycles. The first-order valence-electron chi connectivity index (χ1n) is 5.71. The standard InChI is InChI=1S/C13H14N2O3/c1-2-3-4-7-14-13(16)10-9-12(18-15-10)11-6-5-8-17-11/h2-3,5-6,8-9H,4,7H2,1H3,(H,14,16)/b3-2+. The van der Waals surface area contributed by atoms with E-state index in [0.717, 1.165) is 6.42 Å². The van der Waals surface area contributed by atoms with Crippen molar-refractivity contribution >= 4 is 5.91 Å². The molecule has 0 atom stereocenters. The number of amides is 1. The molecule has 5 nitrogen and oxygen atoms in total. The SMILES string of the molecule is C/C=C/CCNC(=O)c1cc(-c2ccco2)on1. The van der Waals surface area contributed by atoms with Crippen LogP contribution in [0.3, 0.4) is 0 Å². The molecule has 0 radical (unpaired) electrons. The van der Waals surface area contributed by atoms with Gasteiger partial charge in [-0.15, -0.1) is 0 Å². The summed E-state index contributed by atoms with van der Waals surface area (Å²) in [6.45, 7) is 2.52. The molecule has 0 aromatic carbocycles. The van der Waals surface area contributed by atoms with Crippen molar-refractivity contribution in [3.8, 4) is 11.5 Å². The summed E-state index contributed by atoms with van der Waals surface area (Å²) >= 11 is 0. The van der Waals surface area contributed by atoms with Crippen molar-refractivity contribution in [2.24, 2.45) is 0 Å². The van der Waals surface area contributed by atoms with Gasteiger partial charge in [0.2, 0.25) is 5.76 Å². The molecule has 0 unspecified atom stereocenters. The lowest BCUT2D eigenvalue weighted by molar-refractivity contribution is 0.0945. The minimum absolute atomic E-state index is 0.249. The lowest BCUT2D eigenvalue weighted by atomic mass is 10.3. The molecule has 0 fully saturated rings. The topological polar surface area (TPSA) is 68.3 Å². The zero-order valence-corrected chi connectivity index (χ0v) is 10.1. The van der Waals surface area contributed by atoms with E-state index in [-0.39, 0.29) is 11.6 Å². The molecule has 94 valence electrons. The zero-order chi connectivity index (χ0) is 12.8. The molecule has 2 rings (SSSR count). The van der Waals surface area contributed by atoms with Crippen molar-refractivity contribution < 1.29 is 13.7 Å². The molecule has 1 amide bonds. The van der Waals surface area contributed by atoms with Gasteiger partial charge in [0, 0.05) is 12.6 Å². The summed E-state index contributed by atoms with van der Waals surface area (Å²) in [5.41, 5.74) is 0.252. The van der Waals surface area contributed by atoms with Crippen LogP contribution in [0.5, 0.6) is 0 Å². The van der Waals surface area contributed by atoms with E-state index in [1.165, 1.54) is 6.26 Å². The third-order valence-electron chi connectivity index (χ3n) is 2.34. The number of aromatic nitrogens is 1. The van der Waals surface area contributed by atoms with Crippen molar-refractivity contribution in [2.45, 2.75) is 13.3 Å². The summed E-state index contributed by atoms with van der Waals surface area (Å²) in [4.78, 5) is 11.7. The molecule has 18 heavy (non-hydrogen) atoms. The highest BCUT2D eigenvalue weighted by atomic mass is 16.5. The Hall–Kier alpha value is -2.30. The third-order valence-corrected chi connectivity index (χ3v) is 2.34. The van der Waals surface area contributed by atoms with Crippen LogP contribution in [0.1, 0.15) is 23.8 Å². The average Bonchev–Trinajstić information content (AvgIpc) is 3.03. The molecule has 0 saturated heterocycles. The van der Waals surface area contributed by atoms with E-state index in [1.54, 1.807) is 18.2 Å². The van der Waals surface area contributed by atoms with Crippen LogP contribution in [0.2, 0.25) is 0 Å². The number of nitrogens with one attached hydrogen (secondary N) is 1. The number of rotatable bonds is 5. The minimum atomic E-state index is -0.249. The van der Waals surface area contributed by atoms with Crippen LogP contribution in [-0.4, -0.2) is 17.6 Å². The Bertz CT molecular complexity index is 526. The molecule has 5 heteroatoms. The van der Waals surface area contributed by atoms with Crippen LogP contribution in [-0.2, 0) is 0 Å². The normalized spacial score (nSPS) is 10.9. The molecule has 2 heterocycles. The molecule has 0 aliphatic rings. The maximum atomic E-state index is 11.7. The predicted octanol–water partition coefficient (Wildman–Crippen LogP) is 2.63. The molecule has 0 aliphatic heterocycles. The fourth-order valence-electron chi connectivity index (χ4n) is 1.44. The van der Waals surface area contributed by atoms with E-state index in [9.17, 15) is 4.79 Å². The summed E-state index contributed by atoms with van der Waals surface area (Å²) in [7, 11) is 0. The van der Waals surface area contributed by atoms with Crippen molar-refractivity contribution in [3.63, 3.8) is 0 Å². The number of nitrogens with zero attached hydrogens (tertiary/aromatic N) is 1. The van der Waals surface area contributed by atoms with Crippen LogP contribution in [0, 0.1) is 0 Å². The largest absolute Gasteiger partial charge is 0.461 e. The number of allylic oxidation sites excluding steroid dienone is 1. The Labute approximate surface area is 104 Å². The summed E-state index contributed by atoms with van der Waals surface area (Å²) in [5.74, 6) is 0.745. The predicted molar refractivity (Wildman–Crippen MR) is 66.0 cm³/mol. The Kier molecular flexibility index (Phi) is 3.96. The van der Waals surface area contributed by atoms with Crippen LogP contribution >= 0.6 is 0 Å². The van der Waals surface area contributed by atoms with Crippen molar-refractivity contribution in [1.29, 1.82) is 0 Å². The molecule has 1 N–H and O–H groups in total. The highest BCUT2D eigenvalue weighted by Crippen LogP contribution is 2.20. The Balaban J connectivity index is 1.95. The Morgan fingerprint density at radius 3 is 3.11 bits per heavy atom. The summed E-state index contributed by atoms with van der Waals surface area (Å²) in [6.07, 6.45) is 6.26. The molecule has 0 spiro atoms. The molecular formula is C13H14N2O3. The van der Waals surface area contributed by atoms with Gasteiger partial charge in [0.15, 0.2) is 11.5 Å². The second kappa shape index (κ2) is 5.86. The second-order valence-electron chi connectivity index (χ2n) is 3.67. The van der Waals surface area contributed by atoms with Gasteiger partial charge in [-0.1, -0.05) is 17.3 Å². The van der Waals surface area contributed by atoms with E-state index in [1.807, 2.05) is 19.1 Å². The van der Waals surface area contributed by atoms with Gasteiger partial charge in [-0.3, -0.25) is 4.79 Å². The quantitative estimate of drug-likeness (QED) is 0.650. The smallest absolute Gasteiger partial charge is 0.273 e. The van der Waals surface area contributed by atoms with E-state index in [0.29, 0.717) is 18.1 Å². The van der Waals surface area contributed by atoms with Gasteiger partial charge in [-0.2, -0.15) is 0 Å². The Morgan fingerprint density at radius 1 is 1.50 bits per heavy atom. The van der Waals surface area contributed by atoms with E-state index in [4.69, 9.17) is 8.94 Å². The minimum Gasteiger partial charge on any atom is -0.461 e. The lowest BCUT2D eigenvalue weighted by Crippen LogP contribution is -2.24. The highest BCUT2D eigenvalue weighted by Gasteiger charge is 2.14. The van der Waals surface area contributed by atoms with Crippen molar-refractivity contribution in [1.82, 2.24) is 10.5 Å². The average molecular weight is 246 g/mol.